The molecule has 1 rings (SSSR count). The average Bonchev–Trinajstić information content (AvgIpc) is 2.07. The van der Waals surface area contributed by atoms with Gasteiger partial charge in [-0.15, -0.1) is 0 Å². The van der Waals surface area contributed by atoms with E-state index in [1.165, 1.54) is 0 Å². The summed E-state index contributed by atoms with van der Waals surface area (Å²) in [5.41, 5.74) is 0.795. The predicted molar refractivity (Wildman–Crippen MR) is 49.1 cm³/mol. The molecule has 0 saturated heterocycles. The van der Waals surface area contributed by atoms with Crippen LogP contribution in [0.15, 0.2) is 30.3 Å². The number of rotatable bonds is 3. The second-order valence-electron chi connectivity index (χ2n) is 2.15. The van der Waals surface area contributed by atoms with Crippen LogP contribution in [0.5, 0.6) is 0 Å². The predicted octanol–water partition coefficient (Wildman–Crippen LogP) is 0.482. The van der Waals surface area contributed by atoms with Gasteiger partial charge in [0.15, 0.2) is 0 Å². The van der Waals surface area contributed by atoms with Crippen LogP contribution >= 0.6 is 0 Å². The summed E-state index contributed by atoms with van der Waals surface area (Å²) in [7, 11) is 0. The van der Waals surface area contributed by atoms with Crippen molar-refractivity contribution >= 4 is 27.3 Å². The molecule has 0 aromatic heterocycles. The summed E-state index contributed by atoms with van der Waals surface area (Å²) < 4.78 is 0. The van der Waals surface area contributed by atoms with Crippen LogP contribution in [-0.4, -0.2) is 32.2 Å². The molecule has 1 unspecified atom stereocenters. The zero-order valence-electron chi connectivity index (χ0n) is 6.08. The first kappa shape index (κ1) is 9.74. The van der Waals surface area contributed by atoms with Crippen LogP contribution in [0.3, 0.4) is 0 Å². The summed E-state index contributed by atoms with van der Waals surface area (Å²) in [4.78, 5) is 9.80. The summed E-state index contributed by atoms with van der Waals surface area (Å²) in [6, 6.07) is 9.10. The molecule has 0 spiro atoms. The standard InChI is InChI=1S/C7H7NO2Se2/c9-8(10)7(12-11)6-4-2-1-3-5-6/h1-5,7,11H. The van der Waals surface area contributed by atoms with Gasteiger partial charge in [-0.2, -0.15) is 0 Å². The van der Waals surface area contributed by atoms with E-state index in [0.717, 1.165) is 5.56 Å². The molecule has 0 amide bonds. The van der Waals surface area contributed by atoms with Gasteiger partial charge in [-0.1, -0.05) is 0 Å². The zero-order chi connectivity index (χ0) is 8.97. The SMILES string of the molecule is O=[N+]([O-])C([Se][SeH])c1ccccc1. The minimum absolute atomic E-state index is 0.0438. The van der Waals surface area contributed by atoms with Crippen molar-refractivity contribution < 1.29 is 4.92 Å². The topological polar surface area (TPSA) is 43.1 Å². The Labute approximate surface area is 83.2 Å². The number of benzene rings is 1. The second-order valence-corrected chi connectivity index (χ2v) is 5.83. The molecule has 0 aliphatic rings. The molecule has 0 heterocycles. The molecule has 1 atom stereocenters. The van der Waals surface area contributed by atoms with Gasteiger partial charge in [0.1, 0.15) is 0 Å². The third-order valence-corrected chi connectivity index (χ3v) is 4.90. The zero-order valence-corrected chi connectivity index (χ0v) is 9.67. The van der Waals surface area contributed by atoms with E-state index in [1.54, 1.807) is 12.1 Å². The van der Waals surface area contributed by atoms with Crippen molar-refractivity contribution in [1.82, 2.24) is 0 Å². The molecular weight excluding hydrogens is 288 g/mol. The first-order chi connectivity index (χ1) is 5.75. The summed E-state index contributed by atoms with van der Waals surface area (Å²) in [6.07, 6.45) is 0. The van der Waals surface area contributed by atoms with Crippen molar-refractivity contribution in [2.45, 2.75) is 4.94 Å². The van der Waals surface area contributed by atoms with Crippen molar-refractivity contribution in [3.05, 3.63) is 46.0 Å². The van der Waals surface area contributed by atoms with Crippen molar-refractivity contribution in [2.24, 2.45) is 0 Å². The first-order valence-corrected chi connectivity index (χ1v) is 8.98. The van der Waals surface area contributed by atoms with E-state index >= 15 is 0 Å². The Morgan fingerprint density at radius 2 is 2.00 bits per heavy atom. The number of nitro groups is 1. The van der Waals surface area contributed by atoms with E-state index in [4.69, 9.17) is 0 Å². The molecule has 0 N–H and O–H groups in total. The Balaban J connectivity index is 2.88. The molecule has 1 aromatic rings. The minimum atomic E-state index is -0.515. The number of hydrogen-bond acceptors (Lipinski definition) is 2. The quantitative estimate of drug-likeness (QED) is 0.462. The van der Waals surface area contributed by atoms with Crippen LogP contribution in [0.25, 0.3) is 0 Å². The van der Waals surface area contributed by atoms with Gasteiger partial charge < -0.3 is 0 Å². The third kappa shape index (κ3) is 2.32. The van der Waals surface area contributed by atoms with Gasteiger partial charge in [-0.05, 0) is 0 Å². The Morgan fingerprint density at radius 1 is 1.42 bits per heavy atom. The Hall–Kier alpha value is -0.341. The van der Waals surface area contributed by atoms with Crippen LogP contribution in [0.2, 0.25) is 0 Å². The fourth-order valence-electron chi connectivity index (χ4n) is 0.839. The van der Waals surface area contributed by atoms with E-state index in [-0.39, 0.29) is 18.1 Å². The van der Waals surface area contributed by atoms with E-state index < -0.39 is 4.94 Å². The molecule has 0 aliphatic carbocycles. The van der Waals surface area contributed by atoms with E-state index in [1.807, 2.05) is 18.2 Å². The van der Waals surface area contributed by atoms with Crippen molar-refractivity contribution in [1.29, 1.82) is 0 Å². The molecule has 0 aliphatic heterocycles. The Bertz CT molecular complexity index is 265. The van der Waals surface area contributed by atoms with Crippen LogP contribution in [0.4, 0.5) is 0 Å². The molecule has 5 heteroatoms. The van der Waals surface area contributed by atoms with Crippen LogP contribution < -0.4 is 0 Å². The summed E-state index contributed by atoms with van der Waals surface area (Å²) >= 11 is 2.27. The summed E-state index contributed by atoms with van der Waals surface area (Å²) in [6.45, 7) is 0. The monoisotopic (exact) mass is 297 g/mol. The van der Waals surface area contributed by atoms with E-state index in [2.05, 4.69) is 14.2 Å². The molecule has 0 bridgehead atoms. The van der Waals surface area contributed by atoms with Gasteiger partial charge in [0, 0.05) is 0 Å². The van der Waals surface area contributed by atoms with Gasteiger partial charge in [0.2, 0.25) is 0 Å². The summed E-state index contributed by atoms with van der Waals surface area (Å²) in [5, 5.41) is 10.5. The molecule has 0 saturated carbocycles. The van der Waals surface area contributed by atoms with Crippen molar-refractivity contribution in [2.75, 3.05) is 0 Å². The van der Waals surface area contributed by atoms with Gasteiger partial charge in [0.25, 0.3) is 0 Å². The van der Waals surface area contributed by atoms with E-state index in [9.17, 15) is 10.1 Å². The number of hydrogen-bond donors (Lipinski definition) is 0. The molecule has 0 fully saturated rings. The van der Waals surface area contributed by atoms with Crippen LogP contribution in [0.1, 0.15) is 10.5 Å². The first-order valence-electron chi connectivity index (χ1n) is 3.24. The molecule has 0 radical (unpaired) electrons. The normalized spacial score (nSPS) is 12.4. The average molecular weight is 295 g/mol. The number of nitrogens with zero attached hydrogens (tertiary/aromatic N) is 1. The van der Waals surface area contributed by atoms with E-state index in [0.29, 0.717) is 0 Å². The molecule has 64 valence electrons. The van der Waals surface area contributed by atoms with Crippen molar-refractivity contribution in [3.8, 4) is 0 Å². The second kappa shape index (κ2) is 4.63. The molecule has 3 nitrogen and oxygen atoms in total. The maximum absolute atomic E-state index is 10.5. The fourth-order valence-corrected chi connectivity index (χ4v) is 3.75. The van der Waals surface area contributed by atoms with Gasteiger partial charge in [-0.3, -0.25) is 0 Å². The van der Waals surface area contributed by atoms with Gasteiger partial charge >= 0.3 is 83.2 Å². The fraction of sp³-hybridized carbons (Fsp3) is 0.143. The van der Waals surface area contributed by atoms with Gasteiger partial charge in [0.05, 0.1) is 0 Å². The maximum atomic E-state index is 10.5. The molecular formula is C7H7NO2Se2. The van der Waals surface area contributed by atoms with Crippen molar-refractivity contribution in [3.63, 3.8) is 0 Å². The van der Waals surface area contributed by atoms with Crippen LogP contribution in [0, 0.1) is 10.1 Å². The molecule has 12 heavy (non-hydrogen) atoms. The Kier molecular flexibility index (Phi) is 3.76. The Morgan fingerprint density at radius 3 is 2.42 bits per heavy atom. The molecule has 1 aromatic carbocycles. The summed E-state index contributed by atoms with van der Waals surface area (Å²) in [5.74, 6) is 0. The van der Waals surface area contributed by atoms with Gasteiger partial charge in [-0.25, -0.2) is 0 Å². The van der Waals surface area contributed by atoms with Crippen LogP contribution in [-0.2, 0) is 0 Å². The third-order valence-electron chi connectivity index (χ3n) is 1.38.